The van der Waals surface area contributed by atoms with E-state index in [1.807, 2.05) is 31.2 Å². The van der Waals surface area contributed by atoms with E-state index in [1.165, 1.54) is 6.92 Å². The molecule has 31 heavy (non-hydrogen) atoms. The summed E-state index contributed by atoms with van der Waals surface area (Å²) in [7, 11) is 0. The standard InChI is InChI=1S/C24H30ClNO5/c1-13-7-15(8-21(25)23(13)26-14(2)27)19-10-17(29)12-24(3,4)20(19)6-5-18-9-16(28)11-22(30)31-18/h5-8,16-18,28-29H,9-12H2,1-4H3,(H,26,27)/t16-,17?,18-/m1/s1. The first-order valence-electron chi connectivity index (χ1n) is 10.5. The van der Waals surface area contributed by atoms with Gasteiger partial charge in [-0.2, -0.15) is 0 Å². The molecule has 1 unspecified atom stereocenters. The number of aryl methyl sites for hydroxylation is 1. The number of rotatable bonds is 4. The van der Waals surface area contributed by atoms with Crippen LogP contribution in [-0.2, 0) is 14.3 Å². The van der Waals surface area contributed by atoms with E-state index >= 15 is 0 Å². The summed E-state index contributed by atoms with van der Waals surface area (Å²) in [5, 5.41) is 23.6. The zero-order valence-electron chi connectivity index (χ0n) is 18.4. The van der Waals surface area contributed by atoms with Crippen molar-refractivity contribution in [3.63, 3.8) is 0 Å². The van der Waals surface area contributed by atoms with E-state index in [1.54, 1.807) is 0 Å². The van der Waals surface area contributed by atoms with Gasteiger partial charge in [-0.1, -0.05) is 31.5 Å². The number of anilines is 1. The Bertz CT molecular complexity index is 926. The van der Waals surface area contributed by atoms with Crippen molar-refractivity contribution in [1.29, 1.82) is 0 Å². The zero-order valence-corrected chi connectivity index (χ0v) is 19.1. The van der Waals surface area contributed by atoms with Crippen LogP contribution in [-0.4, -0.2) is 40.4 Å². The number of aliphatic hydroxyl groups is 2. The minimum Gasteiger partial charge on any atom is -0.458 e. The Hall–Kier alpha value is -2.15. The van der Waals surface area contributed by atoms with Crippen molar-refractivity contribution in [3.05, 3.63) is 46.0 Å². The quantitative estimate of drug-likeness (QED) is 0.602. The molecular formula is C24H30ClNO5. The highest BCUT2D eigenvalue weighted by Gasteiger charge is 2.34. The lowest BCUT2D eigenvalue weighted by atomic mass is 9.69. The van der Waals surface area contributed by atoms with E-state index in [0.717, 1.165) is 22.3 Å². The third-order valence-corrected chi connectivity index (χ3v) is 6.14. The van der Waals surface area contributed by atoms with Crippen LogP contribution in [0.2, 0.25) is 5.02 Å². The van der Waals surface area contributed by atoms with Crippen LogP contribution in [0.3, 0.4) is 0 Å². The molecule has 1 fully saturated rings. The van der Waals surface area contributed by atoms with Crippen LogP contribution in [0, 0.1) is 12.3 Å². The number of ether oxygens (including phenoxy) is 1. The molecule has 0 spiro atoms. The van der Waals surface area contributed by atoms with Gasteiger partial charge in [0.25, 0.3) is 0 Å². The van der Waals surface area contributed by atoms with Crippen molar-refractivity contribution in [1.82, 2.24) is 0 Å². The van der Waals surface area contributed by atoms with E-state index in [9.17, 15) is 19.8 Å². The van der Waals surface area contributed by atoms with Gasteiger partial charge in [0.15, 0.2) is 0 Å². The number of aliphatic hydroxyl groups excluding tert-OH is 2. The normalized spacial score (nSPS) is 26.2. The molecule has 3 rings (SSSR count). The first-order chi connectivity index (χ1) is 14.5. The maximum atomic E-state index is 11.7. The largest absolute Gasteiger partial charge is 0.458 e. The van der Waals surface area contributed by atoms with Gasteiger partial charge in [0.2, 0.25) is 5.91 Å². The molecule has 7 heteroatoms. The van der Waals surface area contributed by atoms with Crippen molar-refractivity contribution < 1.29 is 24.5 Å². The summed E-state index contributed by atoms with van der Waals surface area (Å²) >= 11 is 6.48. The van der Waals surface area contributed by atoms with Gasteiger partial charge in [-0.05, 0) is 65.7 Å². The fourth-order valence-corrected chi connectivity index (χ4v) is 4.82. The smallest absolute Gasteiger partial charge is 0.309 e. The van der Waals surface area contributed by atoms with Gasteiger partial charge < -0.3 is 20.3 Å². The van der Waals surface area contributed by atoms with Crippen LogP contribution in [0.15, 0.2) is 29.9 Å². The molecular weight excluding hydrogens is 418 g/mol. The minimum absolute atomic E-state index is 0.0222. The second-order valence-electron chi connectivity index (χ2n) is 9.15. The second-order valence-corrected chi connectivity index (χ2v) is 9.56. The van der Waals surface area contributed by atoms with Gasteiger partial charge >= 0.3 is 5.97 Å². The lowest BCUT2D eigenvalue weighted by molar-refractivity contribution is -0.156. The lowest BCUT2D eigenvalue weighted by Gasteiger charge is -2.37. The predicted octanol–water partition coefficient (Wildman–Crippen LogP) is 4.16. The molecule has 1 aromatic carbocycles. The summed E-state index contributed by atoms with van der Waals surface area (Å²) < 4.78 is 5.35. The summed E-state index contributed by atoms with van der Waals surface area (Å²) in [6.45, 7) is 7.45. The fraction of sp³-hybridized carbons (Fsp3) is 0.500. The van der Waals surface area contributed by atoms with Crippen LogP contribution in [0.5, 0.6) is 0 Å². The van der Waals surface area contributed by atoms with Crippen LogP contribution in [0.1, 0.15) is 57.6 Å². The maximum Gasteiger partial charge on any atom is 0.309 e. The Balaban J connectivity index is 2.04. The van der Waals surface area contributed by atoms with Gasteiger partial charge in [0.1, 0.15) is 6.10 Å². The fourth-order valence-electron chi connectivity index (χ4n) is 4.51. The van der Waals surface area contributed by atoms with E-state index in [4.69, 9.17) is 16.3 Å². The number of cyclic esters (lactones) is 1. The number of halogens is 1. The number of amides is 1. The molecule has 0 saturated carbocycles. The van der Waals surface area contributed by atoms with E-state index in [0.29, 0.717) is 30.0 Å². The third-order valence-electron chi connectivity index (χ3n) is 5.84. The summed E-state index contributed by atoms with van der Waals surface area (Å²) in [4.78, 5) is 23.2. The van der Waals surface area contributed by atoms with Crippen LogP contribution < -0.4 is 5.32 Å². The van der Waals surface area contributed by atoms with Crippen LogP contribution >= 0.6 is 11.6 Å². The van der Waals surface area contributed by atoms with Gasteiger partial charge in [-0.25, -0.2) is 0 Å². The lowest BCUT2D eigenvalue weighted by Crippen LogP contribution is -2.32. The molecule has 1 aromatic rings. The van der Waals surface area contributed by atoms with Crippen molar-refractivity contribution in [2.45, 2.75) is 71.7 Å². The Morgan fingerprint density at radius 2 is 1.97 bits per heavy atom. The van der Waals surface area contributed by atoms with Crippen LogP contribution in [0.25, 0.3) is 5.57 Å². The number of allylic oxidation sites excluding steroid dienone is 2. The average Bonchev–Trinajstić information content (AvgIpc) is 2.61. The second kappa shape index (κ2) is 9.15. The van der Waals surface area contributed by atoms with Crippen molar-refractivity contribution in [2.24, 2.45) is 5.41 Å². The molecule has 1 heterocycles. The highest BCUT2D eigenvalue weighted by Crippen LogP contribution is 2.46. The number of esters is 1. The van der Waals surface area contributed by atoms with E-state index in [2.05, 4.69) is 19.2 Å². The first kappa shape index (κ1) is 23.5. The highest BCUT2D eigenvalue weighted by molar-refractivity contribution is 6.34. The number of hydrogen-bond donors (Lipinski definition) is 3. The Morgan fingerprint density at radius 1 is 1.26 bits per heavy atom. The minimum atomic E-state index is -0.701. The van der Waals surface area contributed by atoms with E-state index in [-0.39, 0.29) is 17.7 Å². The van der Waals surface area contributed by atoms with Gasteiger partial charge in [0, 0.05) is 13.3 Å². The first-order valence-corrected chi connectivity index (χ1v) is 10.9. The number of carbonyl (C=O) groups excluding carboxylic acids is 2. The molecule has 3 N–H and O–H groups in total. The van der Waals surface area contributed by atoms with E-state index < -0.39 is 24.3 Å². The molecule has 0 aromatic heterocycles. The molecule has 1 saturated heterocycles. The maximum absolute atomic E-state index is 11.7. The zero-order chi connectivity index (χ0) is 22.9. The number of hydrogen-bond acceptors (Lipinski definition) is 5. The number of carbonyl (C=O) groups is 2. The molecule has 168 valence electrons. The third kappa shape index (κ3) is 5.56. The van der Waals surface area contributed by atoms with Gasteiger partial charge in [0.05, 0.1) is 29.3 Å². The van der Waals surface area contributed by atoms with Gasteiger partial charge in [-0.15, -0.1) is 0 Å². The molecule has 6 nitrogen and oxygen atoms in total. The monoisotopic (exact) mass is 447 g/mol. The molecule has 1 aliphatic carbocycles. The molecule has 1 aliphatic heterocycles. The Kier molecular flexibility index (Phi) is 6.94. The van der Waals surface area contributed by atoms with Crippen molar-refractivity contribution in [2.75, 3.05) is 5.32 Å². The van der Waals surface area contributed by atoms with Crippen molar-refractivity contribution in [3.8, 4) is 0 Å². The van der Waals surface area contributed by atoms with Crippen LogP contribution in [0.4, 0.5) is 5.69 Å². The molecule has 0 bridgehead atoms. The molecule has 1 amide bonds. The van der Waals surface area contributed by atoms with Gasteiger partial charge in [-0.3, -0.25) is 9.59 Å². The highest BCUT2D eigenvalue weighted by atomic mass is 35.5. The molecule has 2 aliphatic rings. The topological polar surface area (TPSA) is 95.9 Å². The molecule has 0 radical (unpaired) electrons. The number of benzene rings is 1. The summed E-state index contributed by atoms with van der Waals surface area (Å²) in [5.74, 6) is -0.601. The van der Waals surface area contributed by atoms with Crippen molar-refractivity contribution >= 4 is 34.7 Å². The summed E-state index contributed by atoms with van der Waals surface area (Å²) in [5.41, 5.74) is 3.95. The average molecular weight is 448 g/mol. The summed E-state index contributed by atoms with van der Waals surface area (Å²) in [6.07, 6.45) is 3.53. The number of nitrogens with one attached hydrogen (secondary N) is 1. The Labute approximate surface area is 187 Å². The SMILES string of the molecule is CC(=O)Nc1c(C)cc(C2=C(C=C[C@@H]3C[C@@H](O)CC(=O)O3)C(C)(C)CC(O)C2)cc1Cl. The summed E-state index contributed by atoms with van der Waals surface area (Å²) in [6, 6.07) is 3.76. The predicted molar refractivity (Wildman–Crippen MR) is 121 cm³/mol. The Morgan fingerprint density at radius 3 is 2.58 bits per heavy atom. The molecule has 3 atom stereocenters.